The first-order valence-corrected chi connectivity index (χ1v) is 6.75. The van der Waals surface area contributed by atoms with Gasteiger partial charge in [-0.05, 0) is 18.9 Å². The Balaban J connectivity index is 1.70. The molecule has 6 heteroatoms. The van der Waals surface area contributed by atoms with Crippen molar-refractivity contribution in [1.29, 1.82) is 0 Å². The molecule has 1 unspecified atom stereocenters. The van der Waals surface area contributed by atoms with Gasteiger partial charge >= 0.3 is 0 Å². The highest BCUT2D eigenvalue weighted by Crippen LogP contribution is 2.29. The molecular weight excluding hydrogens is 268 g/mol. The van der Waals surface area contributed by atoms with E-state index in [-0.39, 0.29) is 5.84 Å². The first-order chi connectivity index (χ1) is 10.2. The van der Waals surface area contributed by atoms with Gasteiger partial charge in [0.15, 0.2) is 0 Å². The van der Waals surface area contributed by atoms with Crippen molar-refractivity contribution >= 4 is 5.84 Å². The summed E-state index contributed by atoms with van der Waals surface area (Å²) >= 11 is 0. The molecule has 0 spiro atoms. The van der Waals surface area contributed by atoms with Crippen LogP contribution in [0, 0.1) is 0 Å². The third kappa shape index (κ3) is 2.71. The molecule has 0 aliphatic carbocycles. The molecule has 1 aromatic carbocycles. The van der Waals surface area contributed by atoms with Gasteiger partial charge < -0.3 is 4.84 Å². The summed E-state index contributed by atoms with van der Waals surface area (Å²) in [5, 5.41) is 15.3. The fourth-order valence-electron chi connectivity index (χ4n) is 2.19. The van der Waals surface area contributed by atoms with Crippen LogP contribution in [0.2, 0.25) is 0 Å². The van der Waals surface area contributed by atoms with E-state index in [4.69, 9.17) is 4.84 Å². The molecule has 21 heavy (non-hydrogen) atoms. The van der Waals surface area contributed by atoms with Crippen LogP contribution in [0.1, 0.15) is 24.6 Å². The van der Waals surface area contributed by atoms with Crippen LogP contribution >= 0.6 is 0 Å². The Bertz CT molecular complexity index is 633. The summed E-state index contributed by atoms with van der Waals surface area (Å²) in [6, 6.07) is 10.1. The topological polar surface area (TPSA) is 70.8 Å². The number of aryl methyl sites for hydroxylation is 1. The van der Waals surface area contributed by atoms with Gasteiger partial charge in [0.25, 0.3) is 0 Å². The Morgan fingerprint density at radius 2 is 2.05 bits per heavy atom. The maximum absolute atomic E-state index is 10.3. The minimum Gasteiger partial charge on any atom is -0.363 e. The third-order valence-electron chi connectivity index (χ3n) is 3.49. The zero-order chi connectivity index (χ0) is 14.7. The van der Waals surface area contributed by atoms with Crippen molar-refractivity contribution in [3.8, 4) is 0 Å². The standard InChI is InChI=1S/C15H16N4O2/c1-15(8-7-12-5-3-2-4-6-12)19(20)14(18-21-15)13-11-16-9-10-17-13/h2-6,9-11,20H,7-8H2,1H3. The van der Waals surface area contributed by atoms with E-state index in [1.165, 1.54) is 11.8 Å². The average molecular weight is 284 g/mol. The second kappa shape index (κ2) is 5.49. The van der Waals surface area contributed by atoms with E-state index < -0.39 is 5.72 Å². The molecule has 2 heterocycles. The molecular formula is C15H16N4O2. The minimum atomic E-state index is -0.900. The molecule has 0 saturated carbocycles. The van der Waals surface area contributed by atoms with E-state index >= 15 is 0 Å². The number of rotatable bonds is 4. The highest BCUT2D eigenvalue weighted by molar-refractivity contribution is 5.96. The Kier molecular flexibility index (Phi) is 3.53. The van der Waals surface area contributed by atoms with Crippen molar-refractivity contribution < 1.29 is 10.0 Å². The van der Waals surface area contributed by atoms with Crippen LogP contribution in [0.4, 0.5) is 0 Å². The normalized spacial score (nSPS) is 21.0. The monoisotopic (exact) mass is 284 g/mol. The zero-order valence-electron chi connectivity index (χ0n) is 11.7. The van der Waals surface area contributed by atoms with Gasteiger partial charge in [-0.15, -0.1) is 0 Å². The molecule has 0 saturated heterocycles. The predicted molar refractivity (Wildman–Crippen MR) is 76.4 cm³/mol. The number of benzene rings is 1. The van der Waals surface area contributed by atoms with Crippen molar-refractivity contribution in [3.05, 3.63) is 60.2 Å². The molecule has 1 aromatic heterocycles. The predicted octanol–water partition coefficient (Wildman–Crippen LogP) is 2.21. The van der Waals surface area contributed by atoms with E-state index in [0.29, 0.717) is 12.1 Å². The van der Waals surface area contributed by atoms with E-state index in [2.05, 4.69) is 15.1 Å². The molecule has 0 bridgehead atoms. The molecule has 1 atom stereocenters. The molecule has 1 aliphatic rings. The van der Waals surface area contributed by atoms with Gasteiger partial charge in [-0.3, -0.25) is 10.2 Å². The number of hydrogen-bond acceptors (Lipinski definition) is 6. The van der Waals surface area contributed by atoms with Crippen LogP contribution in [0.3, 0.4) is 0 Å². The SMILES string of the molecule is CC1(CCc2ccccc2)ON=C(c2cnccn2)N1O. The summed E-state index contributed by atoms with van der Waals surface area (Å²) < 4.78 is 0. The lowest BCUT2D eigenvalue weighted by atomic mass is 10.0. The summed E-state index contributed by atoms with van der Waals surface area (Å²) in [5.74, 6) is 0.277. The molecule has 1 aliphatic heterocycles. The van der Waals surface area contributed by atoms with Gasteiger partial charge in [0.1, 0.15) is 5.69 Å². The number of hydroxylamine groups is 2. The van der Waals surface area contributed by atoms with Crippen LogP contribution in [-0.2, 0) is 11.3 Å². The molecule has 108 valence electrons. The molecule has 2 aromatic rings. The number of nitrogens with zero attached hydrogens (tertiary/aromatic N) is 4. The lowest BCUT2D eigenvalue weighted by molar-refractivity contribution is -0.206. The molecule has 0 radical (unpaired) electrons. The summed E-state index contributed by atoms with van der Waals surface area (Å²) in [5.41, 5.74) is 0.759. The van der Waals surface area contributed by atoms with Gasteiger partial charge in [-0.2, -0.15) is 5.06 Å². The molecule has 0 amide bonds. The summed E-state index contributed by atoms with van der Waals surface area (Å²) in [4.78, 5) is 13.5. The number of hydrogen-bond donors (Lipinski definition) is 1. The number of aromatic nitrogens is 2. The van der Waals surface area contributed by atoms with Crippen molar-refractivity contribution in [2.75, 3.05) is 0 Å². The quantitative estimate of drug-likeness (QED) is 0.932. The van der Waals surface area contributed by atoms with Gasteiger partial charge in [0, 0.05) is 18.8 Å². The van der Waals surface area contributed by atoms with Crippen molar-refractivity contribution in [2.24, 2.45) is 5.16 Å². The Labute approximate surface area is 122 Å². The van der Waals surface area contributed by atoms with Crippen molar-refractivity contribution in [1.82, 2.24) is 15.0 Å². The smallest absolute Gasteiger partial charge is 0.231 e. The van der Waals surface area contributed by atoms with Crippen molar-refractivity contribution in [2.45, 2.75) is 25.5 Å². The van der Waals surface area contributed by atoms with Gasteiger partial charge in [-0.25, -0.2) is 4.98 Å². The maximum Gasteiger partial charge on any atom is 0.231 e. The second-order valence-electron chi connectivity index (χ2n) is 5.07. The van der Waals surface area contributed by atoms with Crippen LogP contribution in [0.5, 0.6) is 0 Å². The lowest BCUT2D eigenvalue weighted by Gasteiger charge is -2.28. The first-order valence-electron chi connectivity index (χ1n) is 6.75. The van der Waals surface area contributed by atoms with Crippen LogP contribution in [0.15, 0.2) is 54.1 Å². The highest BCUT2D eigenvalue weighted by Gasteiger charge is 2.42. The van der Waals surface area contributed by atoms with E-state index in [9.17, 15) is 5.21 Å². The molecule has 1 N–H and O–H groups in total. The molecule has 3 rings (SSSR count). The lowest BCUT2D eigenvalue weighted by Crippen LogP contribution is -2.44. The summed E-state index contributed by atoms with van der Waals surface area (Å²) in [6.07, 6.45) is 6.02. The molecule has 6 nitrogen and oxygen atoms in total. The zero-order valence-corrected chi connectivity index (χ0v) is 11.7. The number of amidine groups is 1. The minimum absolute atomic E-state index is 0.277. The van der Waals surface area contributed by atoms with Crippen LogP contribution in [0.25, 0.3) is 0 Å². The van der Waals surface area contributed by atoms with E-state index in [1.807, 2.05) is 30.3 Å². The van der Waals surface area contributed by atoms with Crippen LogP contribution in [-0.4, -0.2) is 31.8 Å². The van der Waals surface area contributed by atoms with Gasteiger partial charge in [-0.1, -0.05) is 35.5 Å². The van der Waals surface area contributed by atoms with E-state index in [0.717, 1.165) is 11.5 Å². The summed E-state index contributed by atoms with van der Waals surface area (Å²) in [6.45, 7) is 1.79. The maximum atomic E-state index is 10.3. The summed E-state index contributed by atoms with van der Waals surface area (Å²) in [7, 11) is 0. The van der Waals surface area contributed by atoms with E-state index in [1.54, 1.807) is 19.3 Å². The van der Waals surface area contributed by atoms with Gasteiger partial charge in [0.2, 0.25) is 11.6 Å². The highest BCUT2D eigenvalue weighted by atomic mass is 16.7. The van der Waals surface area contributed by atoms with Crippen molar-refractivity contribution in [3.63, 3.8) is 0 Å². The number of oxime groups is 1. The Morgan fingerprint density at radius 3 is 2.76 bits per heavy atom. The first kappa shape index (κ1) is 13.5. The fraction of sp³-hybridized carbons (Fsp3) is 0.267. The second-order valence-corrected chi connectivity index (χ2v) is 5.07. The van der Waals surface area contributed by atoms with Crippen LogP contribution < -0.4 is 0 Å². The van der Waals surface area contributed by atoms with Gasteiger partial charge in [0.05, 0.1) is 6.20 Å². The largest absolute Gasteiger partial charge is 0.363 e. The Morgan fingerprint density at radius 1 is 1.24 bits per heavy atom. The Hall–Kier alpha value is -2.47. The fourth-order valence-corrected chi connectivity index (χ4v) is 2.19. The third-order valence-corrected chi connectivity index (χ3v) is 3.49. The molecule has 0 fully saturated rings. The average Bonchev–Trinajstić information content (AvgIpc) is 2.84.